The molecule has 1 amide bonds. The van der Waals surface area contributed by atoms with E-state index in [4.69, 9.17) is 23.2 Å². The highest BCUT2D eigenvalue weighted by Crippen LogP contribution is 2.64. The van der Waals surface area contributed by atoms with Crippen molar-refractivity contribution in [2.75, 3.05) is 5.32 Å². The smallest absolute Gasteiger partial charge is 0.308 e. The third-order valence-corrected chi connectivity index (χ3v) is 12.0. The Bertz CT molecular complexity index is 1610. The number of hydrogen-bond donors (Lipinski definition) is 1. The van der Waals surface area contributed by atoms with Gasteiger partial charge in [0.25, 0.3) is 0 Å². The number of nitrogens with zero attached hydrogens (tertiary/aromatic N) is 1. The summed E-state index contributed by atoms with van der Waals surface area (Å²) < 4.78 is 1.68. The van der Waals surface area contributed by atoms with Gasteiger partial charge in [-0.15, -0.1) is 11.8 Å². The first-order valence-corrected chi connectivity index (χ1v) is 15.1. The quantitative estimate of drug-likeness (QED) is 0.276. The number of thiazole rings is 1. The van der Waals surface area contributed by atoms with E-state index < -0.39 is 0 Å². The molecular weight excluding hydrogens is 543 g/mol. The Hall–Kier alpha value is -2.25. The molecule has 0 radical (unpaired) electrons. The molecule has 8 heteroatoms. The predicted octanol–water partition coefficient (Wildman–Crippen LogP) is 7.66. The van der Waals surface area contributed by atoms with Crippen LogP contribution in [0.15, 0.2) is 70.5 Å². The Morgan fingerprint density at radius 2 is 1.81 bits per heavy atom. The normalized spacial score (nSPS) is 25.7. The highest BCUT2D eigenvalue weighted by molar-refractivity contribution is 8.00. The molecule has 0 saturated heterocycles. The van der Waals surface area contributed by atoms with Crippen molar-refractivity contribution in [3.63, 3.8) is 0 Å². The van der Waals surface area contributed by atoms with Crippen LogP contribution in [0, 0.1) is 17.8 Å². The number of aromatic nitrogens is 1. The average Bonchev–Trinajstić information content (AvgIpc) is 3.59. The molecule has 1 aliphatic heterocycles. The monoisotopic (exact) mass is 566 g/mol. The molecule has 2 saturated carbocycles. The second kappa shape index (κ2) is 9.19. The lowest BCUT2D eigenvalue weighted by Crippen LogP contribution is -2.35. The first-order chi connectivity index (χ1) is 18.0. The van der Waals surface area contributed by atoms with Crippen molar-refractivity contribution in [2.45, 2.75) is 42.0 Å². The maximum atomic E-state index is 13.3. The van der Waals surface area contributed by atoms with Crippen LogP contribution in [-0.2, 0) is 11.3 Å². The maximum Gasteiger partial charge on any atom is 0.308 e. The molecule has 1 aromatic heterocycles. The van der Waals surface area contributed by atoms with E-state index in [1.54, 1.807) is 4.57 Å². The molecule has 2 fully saturated rings. The first-order valence-electron chi connectivity index (χ1n) is 12.6. The van der Waals surface area contributed by atoms with Crippen molar-refractivity contribution in [3.8, 4) is 0 Å². The summed E-state index contributed by atoms with van der Waals surface area (Å²) in [5.41, 5.74) is 1.73. The Morgan fingerprint density at radius 3 is 2.68 bits per heavy atom. The SMILES string of the molecule is O=C(Cn1c2c(sc1=O)[C@@H](c1cccc(Cl)c1Cl)[C@@H]1[C@H]3CC[C@@H](C3)[C@H]1S2)Nc1ccc2ccccc2c1. The summed E-state index contributed by atoms with van der Waals surface area (Å²) in [7, 11) is 0. The second-order valence-corrected chi connectivity index (χ2v) is 13.3. The van der Waals surface area contributed by atoms with Gasteiger partial charge in [0.2, 0.25) is 5.91 Å². The van der Waals surface area contributed by atoms with Crippen molar-refractivity contribution in [1.29, 1.82) is 0 Å². The average molecular weight is 568 g/mol. The lowest BCUT2D eigenvalue weighted by Gasteiger charge is -2.40. The van der Waals surface area contributed by atoms with E-state index >= 15 is 0 Å². The fourth-order valence-electron chi connectivity index (χ4n) is 6.81. The molecule has 3 aliphatic rings. The molecule has 3 aromatic carbocycles. The van der Waals surface area contributed by atoms with Gasteiger partial charge in [-0.05, 0) is 71.6 Å². The number of carbonyl (C=O) groups is 1. The molecule has 2 bridgehead atoms. The predicted molar refractivity (Wildman–Crippen MR) is 153 cm³/mol. The van der Waals surface area contributed by atoms with Crippen molar-refractivity contribution >= 4 is 68.7 Å². The van der Waals surface area contributed by atoms with Gasteiger partial charge in [0, 0.05) is 21.7 Å². The number of fused-ring (bicyclic) bond motifs is 7. The Morgan fingerprint density at radius 1 is 1.00 bits per heavy atom. The van der Waals surface area contributed by atoms with E-state index in [-0.39, 0.29) is 23.2 Å². The Kier molecular flexibility index (Phi) is 5.92. The largest absolute Gasteiger partial charge is 0.325 e. The zero-order valence-corrected chi connectivity index (χ0v) is 23.0. The number of anilines is 1. The number of thioether (sulfide) groups is 1. The number of rotatable bonds is 4. The summed E-state index contributed by atoms with van der Waals surface area (Å²) in [6, 6.07) is 19.7. The van der Waals surface area contributed by atoms with Gasteiger partial charge < -0.3 is 5.32 Å². The lowest BCUT2D eigenvalue weighted by molar-refractivity contribution is -0.116. The van der Waals surface area contributed by atoms with Crippen LogP contribution in [0.1, 0.15) is 35.6 Å². The fraction of sp³-hybridized carbons (Fsp3) is 0.310. The summed E-state index contributed by atoms with van der Waals surface area (Å²) in [6.07, 6.45) is 3.71. The van der Waals surface area contributed by atoms with Gasteiger partial charge in [0.1, 0.15) is 6.54 Å². The maximum absolute atomic E-state index is 13.3. The van der Waals surface area contributed by atoms with E-state index in [9.17, 15) is 9.59 Å². The van der Waals surface area contributed by atoms with Crippen molar-refractivity contribution in [1.82, 2.24) is 4.57 Å². The van der Waals surface area contributed by atoms with E-state index in [2.05, 4.69) is 11.4 Å². The zero-order valence-electron chi connectivity index (χ0n) is 19.8. The highest BCUT2D eigenvalue weighted by atomic mass is 35.5. The lowest BCUT2D eigenvalue weighted by atomic mass is 9.75. The molecule has 7 rings (SSSR count). The van der Waals surface area contributed by atoms with Crippen LogP contribution >= 0.6 is 46.3 Å². The summed E-state index contributed by atoms with van der Waals surface area (Å²) in [4.78, 5) is 27.4. The van der Waals surface area contributed by atoms with E-state index in [1.165, 1.54) is 30.6 Å². The van der Waals surface area contributed by atoms with E-state index in [0.29, 0.717) is 33.0 Å². The van der Waals surface area contributed by atoms with Gasteiger partial charge in [-0.2, -0.15) is 0 Å². The van der Waals surface area contributed by atoms with Crippen LogP contribution in [-0.4, -0.2) is 15.7 Å². The summed E-state index contributed by atoms with van der Waals surface area (Å²) >= 11 is 16.3. The zero-order chi connectivity index (χ0) is 25.3. The van der Waals surface area contributed by atoms with Gasteiger partial charge in [-0.3, -0.25) is 14.2 Å². The summed E-state index contributed by atoms with van der Waals surface area (Å²) in [5.74, 6) is 1.54. The number of carbonyl (C=O) groups excluding carboxylic acids is 1. The second-order valence-electron chi connectivity index (χ2n) is 10.3. The van der Waals surface area contributed by atoms with E-state index in [0.717, 1.165) is 31.9 Å². The Balaban J connectivity index is 1.24. The van der Waals surface area contributed by atoms with Gasteiger partial charge >= 0.3 is 4.87 Å². The minimum absolute atomic E-state index is 0.00796. The van der Waals surface area contributed by atoms with Crippen LogP contribution in [0.4, 0.5) is 5.69 Å². The molecule has 4 nitrogen and oxygen atoms in total. The molecule has 0 unspecified atom stereocenters. The van der Waals surface area contributed by atoms with Gasteiger partial charge in [-0.25, -0.2) is 0 Å². The number of halogens is 2. The minimum Gasteiger partial charge on any atom is -0.325 e. The molecule has 188 valence electrons. The molecular formula is C29H24Cl2N2O2S2. The third kappa shape index (κ3) is 3.95. The van der Waals surface area contributed by atoms with Crippen LogP contribution in [0.5, 0.6) is 0 Å². The van der Waals surface area contributed by atoms with Gasteiger partial charge in [0.05, 0.1) is 15.1 Å². The van der Waals surface area contributed by atoms with Crippen LogP contribution < -0.4 is 10.2 Å². The molecule has 37 heavy (non-hydrogen) atoms. The minimum atomic E-state index is -0.203. The molecule has 2 aliphatic carbocycles. The van der Waals surface area contributed by atoms with Crippen molar-refractivity contribution in [2.24, 2.45) is 17.8 Å². The molecule has 4 aromatic rings. The van der Waals surface area contributed by atoms with Crippen molar-refractivity contribution in [3.05, 3.63) is 90.8 Å². The Labute approximate surface area is 233 Å². The molecule has 2 heterocycles. The van der Waals surface area contributed by atoms with Crippen LogP contribution in [0.3, 0.4) is 0 Å². The topological polar surface area (TPSA) is 51.1 Å². The number of amides is 1. The standard InChI is InChI=1S/C29H24Cl2N2O2S2/c30-21-7-3-6-20(25(21)31)24-23-17-8-9-18(12-17)26(23)36-28-27(24)37-29(35)33(28)14-22(34)32-19-11-10-15-4-1-2-5-16(15)13-19/h1-7,10-11,13,17-18,23-24,26H,8-9,12,14H2,(H,32,34)/t17-,18-,23-,24-,26+/m0/s1. The molecule has 1 N–H and O–H groups in total. The van der Waals surface area contributed by atoms with Crippen molar-refractivity contribution < 1.29 is 4.79 Å². The number of benzene rings is 3. The summed E-state index contributed by atoms with van der Waals surface area (Å²) in [5, 5.41) is 7.65. The number of nitrogens with one attached hydrogen (secondary N) is 1. The van der Waals surface area contributed by atoms with Gasteiger partial charge in [-0.1, -0.05) is 77.0 Å². The molecule has 0 spiro atoms. The van der Waals surface area contributed by atoms with Gasteiger partial charge in [0.15, 0.2) is 0 Å². The van der Waals surface area contributed by atoms with E-state index in [1.807, 2.05) is 66.4 Å². The molecule has 5 atom stereocenters. The van der Waals surface area contributed by atoms with Crippen LogP contribution in [0.2, 0.25) is 10.0 Å². The number of hydrogen-bond acceptors (Lipinski definition) is 4. The third-order valence-electron chi connectivity index (χ3n) is 8.34. The fourth-order valence-corrected chi connectivity index (χ4v) is 10.4. The van der Waals surface area contributed by atoms with Crippen LogP contribution in [0.25, 0.3) is 10.8 Å². The summed E-state index contributed by atoms with van der Waals surface area (Å²) in [6.45, 7) is -0.00796. The first kappa shape index (κ1) is 23.8. The highest BCUT2D eigenvalue weighted by Gasteiger charge is 2.55.